The van der Waals surface area contributed by atoms with Gasteiger partial charge in [0.1, 0.15) is 11.3 Å². The first-order valence-corrected chi connectivity index (χ1v) is 7.76. The average Bonchev–Trinajstić information content (AvgIpc) is 2.98. The van der Waals surface area contributed by atoms with Gasteiger partial charge in [0.25, 0.3) is 0 Å². The molecule has 2 rings (SSSR count). The summed E-state index contributed by atoms with van der Waals surface area (Å²) in [6, 6.07) is 2.71. The summed E-state index contributed by atoms with van der Waals surface area (Å²) < 4.78 is 35.3. The van der Waals surface area contributed by atoms with Gasteiger partial charge in [0, 0.05) is 24.7 Å². The molecule has 0 atom stereocenters. The fraction of sp³-hybridized carbons (Fsp3) is 0.231. The summed E-state index contributed by atoms with van der Waals surface area (Å²) in [6.45, 7) is 0. The number of benzene rings is 1. The Morgan fingerprint density at radius 3 is 2.48 bits per heavy atom. The third-order valence-electron chi connectivity index (χ3n) is 2.87. The van der Waals surface area contributed by atoms with E-state index >= 15 is 0 Å². The predicted octanol–water partition coefficient (Wildman–Crippen LogP) is 1.07. The Morgan fingerprint density at radius 1 is 1.29 bits per heavy atom. The van der Waals surface area contributed by atoms with Crippen LogP contribution in [0, 0.1) is 0 Å². The molecule has 0 aliphatic rings. The predicted molar refractivity (Wildman–Crippen MR) is 74.6 cm³/mol. The van der Waals surface area contributed by atoms with E-state index in [4.69, 9.17) is 4.74 Å². The van der Waals surface area contributed by atoms with E-state index in [9.17, 15) is 13.2 Å². The first kappa shape index (κ1) is 15.0. The molecule has 1 aromatic heterocycles. The molecule has 1 aromatic carbocycles. The number of sulfone groups is 1. The summed E-state index contributed by atoms with van der Waals surface area (Å²) in [4.78, 5) is 15.6. The van der Waals surface area contributed by atoms with Gasteiger partial charge < -0.3 is 14.0 Å². The standard InChI is InChI=1S/C13H14N2O5S/c1-19-11-7-10(15-5-4-14-8-15)12(21(3,17)18)6-9(11)13(16)20-2/h4-8H,1-3H3. The number of esters is 1. The molecule has 0 spiro atoms. The molecule has 0 unspecified atom stereocenters. The van der Waals surface area contributed by atoms with Gasteiger partial charge in [-0.05, 0) is 6.07 Å². The number of rotatable bonds is 4. The second-order valence-corrected chi connectivity index (χ2v) is 6.24. The first-order valence-electron chi connectivity index (χ1n) is 5.87. The fourth-order valence-electron chi connectivity index (χ4n) is 1.89. The van der Waals surface area contributed by atoms with Crippen molar-refractivity contribution in [1.29, 1.82) is 0 Å². The molecule has 0 radical (unpaired) electrons. The van der Waals surface area contributed by atoms with Crippen LogP contribution >= 0.6 is 0 Å². The number of nitrogens with zero attached hydrogens (tertiary/aromatic N) is 2. The summed E-state index contributed by atoms with van der Waals surface area (Å²) in [6.07, 6.45) is 5.64. The quantitative estimate of drug-likeness (QED) is 0.785. The zero-order valence-corrected chi connectivity index (χ0v) is 12.5. The number of carbonyl (C=O) groups excluding carboxylic acids is 1. The van der Waals surface area contributed by atoms with Crippen LogP contribution in [0.5, 0.6) is 5.75 Å². The van der Waals surface area contributed by atoms with Crippen molar-refractivity contribution < 1.29 is 22.7 Å². The fourth-order valence-corrected chi connectivity index (χ4v) is 2.76. The van der Waals surface area contributed by atoms with Crippen LogP contribution in [-0.2, 0) is 14.6 Å². The van der Waals surface area contributed by atoms with Crippen LogP contribution in [0.2, 0.25) is 0 Å². The maximum atomic E-state index is 12.0. The molecule has 112 valence electrons. The molecule has 0 aliphatic carbocycles. The maximum Gasteiger partial charge on any atom is 0.341 e. The summed E-state index contributed by atoms with van der Waals surface area (Å²) in [5.41, 5.74) is 0.392. The van der Waals surface area contributed by atoms with Crippen LogP contribution in [0.1, 0.15) is 10.4 Å². The van der Waals surface area contributed by atoms with Crippen molar-refractivity contribution in [3.63, 3.8) is 0 Å². The number of ether oxygens (including phenoxy) is 2. The van der Waals surface area contributed by atoms with E-state index in [0.717, 1.165) is 6.26 Å². The van der Waals surface area contributed by atoms with Gasteiger partial charge in [0.15, 0.2) is 9.84 Å². The van der Waals surface area contributed by atoms with E-state index in [2.05, 4.69) is 9.72 Å². The second kappa shape index (κ2) is 5.57. The lowest BCUT2D eigenvalue weighted by atomic mass is 10.1. The zero-order chi connectivity index (χ0) is 15.6. The minimum Gasteiger partial charge on any atom is -0.496 e. The molecule has 0 aliphatic heterocycles. The monoisotopic (exact) mass is 310 g/mol. The highest BCUT2D eigenvalue weighted by atomic mass is 32.2. The molecule has 0 bridgehead atoms. The van der Waals surface area contributed by atoms with Gasteiger partial charge in [-0.25, -0.2) is 18.2 Å². The highest BCUT2D eigenvalue weighted by Gasteiger charge is 2.22. The Bertz CT molecular complexity index is 766. The van der Waals surface area contributed by atoms with E-state index in [1.807, 2.05) is 0 Å². The van der Waals surface area contributed by atoms with Gasteiger partial charge in [-0.2, -0.15) is 0 Å². The largest absolute Gasteiger partial charge is 0.496 e. The van der Waals surface area contributed by atoms with Crippen molar-refractivity contribution in [1.82, 2.24) is 9.55 Å². The van der Waals surface area contributed by atoms with Gasteiger partial charge in [-0.1, -0.05) is 0 Å². The van der Waals surface area contributed by atoms with Crippen molar-refractivity contribution >= 4 is 15.8 Å². The number of carbonyl (C=O) groups is 1. The number of imidazole rings is 1. The van der Waals surface area contributed by atoms with Gasteiger partial charge >= 0.3 is 5.97 Å². The lowest BCUT2D eigenvalue weighted by Crippen LogP contribution is -2.10. The van der Waals surface area contributed by atoms with Gasteiger partial charge in [-0.15, -0.1) is 0 Å². The van der Waals surface area contributed by atoms with Crippen LogP contribution in [0.4, 0.5) is 0 Å². The lowest BCUT2D eigenvalue weighted by molar-refractivity contribution is 0.0597. The highest BCUT2D eigenvalue weighted by molar-refractivity contribution is 7.90. The Labute approximate surface area is 122 Å². The molecular weight excluding hydrogens is 296 g/mol. The van der Waals surface area contributed by atoms with Gasteiger partial charge in [0.2, 0.25) is 0 Å². The zero-order valence-electron chi connectivity index (χ0n) is 11.7. The number of hydrogen-bond acceptors (Lipinski definition) is 6. The molecule has 7 nitrogen and oxygen atoms in total. The van der Waals surface area contributed by atoms with Gasteiger partial charge in [0.05, 0.1) is 31.1 Å². The molecule has 0 saturated carbocycles. The molecule has 0 amide bonds. The van der Waals surface area contributed by atoms with E-state index < -0.39 is 15.8 Å². The normalized spacial score (nSPS) is 11.2. The molecule has 0 fully saturated rings. The SMILES string of the molecule is COC(=O)c1cc(S(C)(=O)=O)c(-n2ccnc2)cc1OC. The molecular formula is C13H14N2O5S. The summed E-state index contributed by atoms with van der Waals surface area (Å²) >= 11 is 0. The van der Waals surface area contributed by atoms with E-state index in [1.54, 1.807) is 6.20 Å². The van der Waals surface area contributed by atoms with Crippen LogP contribution in [0.3, 0.4) is 0 Å². The topological polar surface area (TPSA) is 87.5 Å². The van der Waals surface area contributed by atoms with Crippen molar-refractivity contribution in [2.24, 2.45) is 0 Å². The van der Waals surface area contributed by atoms with E-state index in [-0.39, 0.29) is 16.2 Å². The van der Waals surface area contributed by atoms with Crippen LogP contribution in [0.15, 0.2) is 35.7 Å². The Hall–Kier alpha value is -2.35. The number of methoxy groups -OCH3 is 2. The number of hydrogen-bond donors (Lipinski definition) is 0. The van der Waals surface area contributed by atoms with Gasteiger partial charge in [-0.3, -0.25) is 0 Å². The van der Waals surface area contributed by atoms with Crippen molar-refractivity contribution in [2.45, 2.75) is 4.90 Å². The molecule has 0 N–H and O–H groups in total. The highest BCUT2D eigenvalue weighted by Crippen LogP contribution is 2.29. The molecule has 21 heavy (non-hydrogen) atoms. The Morgan fingerprint density at radius 2 is 2.00 bits per heavy atom. The Kier molecular flexibility index (Phi) is 3.99. The third-order valence-corrected chi connectivity index (χ3v) is 3.99. The summed E-state index contributed by atoms with van der Waals surface area (Å²) in [5, 5.41) is 0. The smallest absolute Gasteiger partial charge is 0.341 e. The lowest BCUT2D eigenvalue weighted by Gasteiger charge is -2.14. The summed E-state index contributed by atoms with van der Waals surface area (Å²) in [5.74, 6) is -0.452. The third kappa shape index (κ3) is 2.89. The van der Waals surface area contributed by atoms with Crippen molar-refractivity contribution in [3.05, 3.63) is 36.4 Å². The second-order valence-electron chi connectivity index (χ2n) is 4.25. The van der Waals surface area contributed by atoms with Crippen molar-refractivity contribution in [2.75, 3.05) is 20.5 Å². The number of aromatic nitrogens is 2. The van der Waals surface area contributed by atoms with Crippen LogP contribution < -0.4 is 4.74 Å². The first-order chi connectivity index (χ1) is 9.88. The van der Waals surface area contributed by atoms with Crippen LogP contribution in [0.25, 0.3) is 5.69 Å². The summed E-state index contributed by atoms with van der Waals surface area (Å²) in [7, 11) is -0.958. The average molecular weight is 310 g/mol. The minimum absolute atomic E-state index is 0.0123. The molecule has 1 heterocycles. The molecule has 0 saturated heterocycles. The maximum absolute atomic E-state index is 12.0. The Balaban J connectivity index is 2.79. The minimum atomic E-state index is -3.56. The van der Waals surface area contributed by atoms with E-state index in [1.165, 1.54) is 43.4 Å². The van der Waals surface area contributed by atoms with Crippen LogP contribution in [-0.4, -0.2) is 44.4 Å². The van der Waals surface area contributed by atoms with E-state index in [0.29, 0.717) is 5.69 Å². The van der Waals surface area contributed by atoms with Crippen molar-refractivity contribution in [3.8, 4) is 11.4 Å². The molecule has 8 heteroatoms. The molecule has 2 aromatic rings.